The zero-order valence-electron chi connectivity index (χ0n) is 17.7. The average molecular weight is 427 g/mol. The third-order valence-corrected chi connectivity index (χ3v) is 4.88. The van der Waals surface area contributed by atoms with Gasteiger partial charge in [-0.1, -0.05) is 26.0 Å². The lowest BCUT2D eigenvalue weighted by Crippen LogP contribution is -2.35. The highest BCUT2D eigenvalue weighted by molar-refractivity contribution is 7.87. The lowest BCUT2D eigenvalue weighted by Gasteiger charge is -2.12. The summed E-state index contributed by atoms with van der Waals surface area (Å²) in [6.45, 7) is 4.23. The predicted octanol–water partition coefficient (Wildman–Crippen LogP) is 2.87. The molecule has 2 aromatic rings. The van der Waals surface area contributed by atoms with Crippen LogP contribution in [-0.4, -0.2) is 36.9 Å². The van der Waals surface area contributed by atoms with Gasteiger partial charge >= 0.3 is 0 Å². The van der Waals surface area contributed by atoms with E-state index in [2.05, 4.69) is 9.44 Å². The highest BCUT2D eigenvalue weighted by Crippen LogP contribution is 2.28. The summed E-state index contributed by atoms with van der Waals surface area (Å²) in [5.41, 5.74) is 1.48. The van der Waals surface area contributed by atoms with Crippen LogP contribution in [0.5, 0.6) is 23.0 Å². The van der Waals surface area contributed by atoms with E-state index in [-0.39, 0.29) is 13.1 Å². The molecule has 0 fully saturated rings. The zero-order chi connectivity index (χ0) is 21.9. The van der Waals surface area contributed by atoms with Crippen molar-refractivity contribution in [1.82, 2.24) is 9.44 Å². The number of nitrogens with one attached hydrogen (secondary N) is 2. The first-order chi connectivity index (χ1) is 13.9. The van der Waals surface area contributed by atoms with E-state index in [0.717, 1.165) is 11.1 Å². The van der Waals surface area contributed by atoms with Crippen molar-refractivity contribution in [3.05, 3.63) is 47.5 Å². The Morgan fingerprint density at radius 3 is 1.31 bits per heavy atom. The van der Waals surface area contributed by atoms with E-state index in [1.807, 2.05) is 13.8 Å². The van der Waals surface area contributed by atoms with Gasteiger partial charge in [0, 0.05) is 13.1 Å². The smallest absolute Gasteiger partial charge is 0.277 e. The molecule has 2 N–H and O–H groups in total. The summed E-state index contributed by atoms with van der Waals surface area (Å²) in [6, 6.07) is 10.4. The minimum Gasteiger partial charge on any atom is -0.493 e. The van der Waals surface area contributed by atoms with E-state index in [0.29, 0.717) is 23.0 Å². The van der Waals surface area contributed by atoms with E-state index < -0.39 is 10.2 Å². The molecular formula is C20H30N2O6S. The van der Waals surface area contributed by atoms with E-state index in [9.17, 15) is 8.42 Å². The quantitative estimate of drug-likeness (QED) is 0.607. The molecule has 0 aromatic heterocycles. The highest BCUT2D eigenvalue weighted by atomic mass is 32.2. The van der Waals surface area contributed by atoms with Gasteiger partial charge in [0.2, 0.25) is 0 Å². The molecule has 0 aliphatic rings. The number of hydrogen-bond acceptors (Lipinski definition) is 6. The fourth-order valence-electron chi connectivity index (χ4n) is 2.39. The van der Waals surface area contributed by atoms with Gasteiger partial charge in [0.15, 0.2) is 23.0 Å². The highest BCUT2D eigenvalue weighted by Gasteiger charge is 2.12. The van der Waals surface area contributed by atoms with Gasteiger partial charge in [-0.25, -0.2) is 0 Å². The van der Waals surface area contributed by atoms with Gasteiger partial charge in [-0.05, 0) is 35.4 Å². The summed E-state index contributed by atoms with van der Waals surface area (Å²) in [7, 11) is 2.44. The van der Waals surface area contributed by atoms with Gasteiger partial charge in [0.05, 0.1) is 28.4 Å². The van der Waals surface area contributed by atoms with Gasteiger partial charge < -0.3 is 18.9 Å². The molecule has 0 saturated carbocycles. The Bertz CT molecular complexity index is 806. The second-order valence-corrected chi connectivity index (χ2v) is 7.11. The lowest BCUT2D eigenvalue weighted by molar-refractivity contribution is 0.354. The Morgan fingerprint density at radius 2 is 1.00 bits per heavy atom. The molecular weight excluding hydrogens is 396 g/mol. The molecule has 0 unspecified atom stereocenters. The summed E-state index contributed by atoms with van der Waals surface area (Å²) in [6.07, 6.45) is 0. The van der Waals surface area contributed by atoms with Crippen LogP contribution in [0, 0.1) is 0 Å². The molecule has 2 aromatic carbocycles. The normalized spacial score (nSPS) is 10.6. The first-order valence-electron chi connectivity index (χ1n) is 9.08. The fourth-order valence-corrected chi connectivity index (χ4v) is 3.20. The van der Waals surface area contributed by atoms with Crippen molar-refractivity contribution >= 4 is 10.2 Å². The lowest BCUT2D eigenvalue weighted by atomic mass is 10.2. The van der Waals surface area contributed by atoms with E-state index in [4.69, 9.17) is 18.9 Å². The first-order valence-corrected chi connectivity index (χ1v) is 10.6. The predicted molar refractivity (Wildman–Crippen MR) is 113 cm³/mol. The third kappa shape index (κ3) is 7.45. The molecule has 162 valence electrons. The van der Waals surface area contributed by atoms with Crippen LogP contribution in [0.1, 0.15) is 25.0 Å². The van der Waals surface area contributed by atoms with Crippen LogP contribution in [0.15, 0.2) is 36.4 Å². The summed E-state index contributed by atoms with van der Waals surface area (Å²) >= 11 is 0. The van der Waals surface area contributed by atoms with Crippen molar-refractivity contribution in [3.63, 3.8) is 0 Å². The third-order valence-electron chi connectivity index (χ3n) is 3.83. The molecule has 0 heterocycles. The summed E-state index contributed by atoms with van der Waals surface area (Å²) in [4.78, 5) is 0. The SMILES string of the molecule is CC.COc1ccc(CNS(=O)(=O)NCc2ccc(OC)c(OC)c2)cc1OC. The second kappa shape index (κ2) is 12.2. The molecule has 0 bridgehead atoms. The van der Waals surface area contributed by atoms with Crippen LogP contribution >= 0.6 is 0 Å². The molecule has 0 spiro atoms. The van der Waals surface area contributed by atoms with Crippen molar-refractivity contribution in [2.24, 2.45) is 0 Å². The number of hydrogen-bond donors (Lipinski definition) is 2. The van der Waals surface area contributed by atoms with Gasteiger partial charge in [-0.15, -0.1) is 0 Å². The van der Waals surface area contributed by atoms with Crippen molar-refractivity contribution in [2.45, 2.75) is 26.9 Å². The molecule has 29 heavy (non-hydrogen) atoms. The maximum Gasteiger partial charge on any atom is 0.277 e. The minimum atomic E-state index is -3.69. The van der Waals surface area contributed by atoms with Crippen molar-refractivity contribution in [2.75, 3.05) is 28.4 Å². The fraction of sp³-hybridized carbons (Fsp3) is 0.400. The molecule has 9 heteroatoms. The number of rotatable bonds is 10. The Morgan fingerprint density at radius 1 is 0.655 bits per heavy atom. The molecule has 2 rings (SSSR count). The number of ether oxygens (including phenoxy) is 4. The summed E-state index contributed by atoms with van der Waals surface area (Å²) in [5.74, 6) is 2.23. The van der Waals surface area contributed by atoms with Gasteiger partial charge in [-0.2, -0.15) is 17.9 Å². The van der Waals surface area contributed by atoms with Crippen molar-refractivity contribution in [3.8, 4) is 23.0 Å². The van der Waals surface area contributed by atoms with Crippen molar-refractivity contribution in [1.29, 1.82) is 0 Å². The Labute approximate surface area is 173 Å². The van der Waals surface area contributed by atoms with Gasteiger partial charge in [0.25, 0.3) is 10.2 Å². The maximum absolute atomic E-state index is 12.2. The van der Waals surface area contributed by atoms with E-state index in [1.165, 1.54) is 28.4 Å². The monoisotopic (exact) mass is 426 g/mol. The second-order valence-electron chi connectivity index (χ2n) is 5.52. The van der Waals surface area contributed by atoms with Crippen LogP contribution in [0.4, 0.5) is 0 Å². The van der Waals surface area contributed by atoms with Gasteiger partial charge in [0.1, 0.15) is 0 Å². The zero-order valence-corrected chi connectivity index (χ0v) is 18.6. The number of benzene rings is 2. The Hall–Kier alpha value is -2.49. The molecule has 0 atom stereocenters. The maximum atomic E-state index is 12.2. The summed E-state index contributed by atoms with van der Waals surface area (Å²) < 4.78 is 50.1. The molecule has 0 aliphatic carbocycles. The van der Waals surface area contributed by atoms with Crippen LogP contribution in [0.3, 0.4) is 0 Å². The van der Waals surface area contributed by atoms with Crippen LogP contribution in [0.2, 0.25) is 0 Å². The molecule has 0 aliphatic heterocycles. The van der Waals surface area contributed by atoms with Crippen molar-refractivity contribution < 1.29 is 27.4 Å². The largest absolute Gasteiger partial charge is 0.493 e. The van der Waals surface area contributed by atoms with Crippen LogP contribution in [0.25, 0.3) is 0 Å². The summed E-state index contributed by atoms with van der Waals surface area (Å²) in [5, 5.41) is 0. The first kappa shape index (κ1) is 24.5. The molecule has 8 nitrogen and oxygen atoms in total. The molecule has 0 amide bonds. The van der Waals surface area contributed by atoms with Gasteiger partial charge in [-0.3, -0.25) is 0 Å². The topological polar surface area (TPSA) is 95.1 Å². The molecule has 0 radical (unpaired) electrons. The number of methoxy groups -OCH3 is 4. The van der Waals surface area contributed by atoms with E-state index in [1.54, 1.807) is 36.4 Å². The Kier molecular flexibility index (Phi) is 10.3. The average Bonchev–Trinajstić information content (AvgIpc) is 2.77. The Balaban J connectivity index is 0.00000204. The van der Waals surface area contributed by atoms with E-state index >= 15 is 0 Å². The van der Waals surface area contributed by atoms with Crippen LogP contribution in [-0.2, 0) is 23.3 Å². The van der Waals surface area contributed by atoms with Crippen LogP contribution < -0.4 is 28.4 Å². The standard InChI is InChI=1S/C18H24N2O6S.C2H6/c1-23-15-7-5-13(9-17(15)25-3)11-19-27(21,22)20-12-14-6-8-16(24-2)18(10-14)26-4;1-2/h5-10,19-20H,11-12H2,1-4H3;1-2H3. The molecule has 0 saturated heterocycles. The minimum absolute atomic E-state index is 0.113.